The molecule has 0 aliphatic heterocycles. The maximum absolute atomic E-state index is 12.5. The average Bonchev–Trinajstić information content (AvgIpc) is 2.54. The van der Waals surface area contributed by atoms with Crippen LogP contribution in [-0.4, -0.2) is 14.3 Å². The Bertz CT molecular complexity index is 888. The lowest BCUT2D eigenvalue weighted by Gasteiger charge is -2.16. The Morgan fingerprint density at radius 1 is 1.08 bits per heavy atom. The highest BCUT2D eigenvalue weighted by Crippen LogP contribution is 2.18. The van der Waals surface area contributed by atoms with Gasteiger partial charge in [0.1, 0.15) is 0 Å². The fourth-order valence-corrected chi connectivity index (χ4v) is 3.63. The molecule has 2 aromatic carbocycles. The van der Waals surface area contributed by atoms with Crippen molar-refractivity contribution in [2.75, 3.05) is 0 Å². The van der Waals surface area contributed by atoms with Crippen LogP contribution < -0.4 is 10.5 Å². The molecule has 3 N–H and O–H groups in total. The van der Waals surface area contributed by atoms with Crippen molar-refractivity contribution in [2.45, 2.75) is 45.1 Å². The van der Waals surface area contributed by atoms with E-state index in [2.05, 4.69) is 31.3 Å². The van der Waals surface area contributed by atoms with E-state index in [0.717, 1.165) is 12.0 Å². The van der Waals surface area contributed by atoms with Crippen LogP contribution in [0.25, 0.3) is 0 Å². The van der Waals surface area contributed by atoms with Gasteiger partial charge in [-0.3, -0.25) is 4.79 Å². The first kappa shape index (κ1) is 20.1. The maximum atomic E-state index is 12.5. The van der Waals surface area contributed by atoms with Crippen molar-refractivity contribution in [1.82, 2.24) is 5.32 Å². The lowest BCUT2D eigenvalue weighted by Crippen LogP contribution is -2.27. The van der Waals surface area contributed by atoms with Gasteiger partial charge in [0.25, 0.3) is 5.91 Å². The molecule has 0 bridgehead atoms. The summed E-state index contributed by atoms with van der Waals surface area (Å²) in [6.07, 6.45) is 1.01. The van der Waals surface area contributed by atoms with Gasteiger partial charge in [0.2, 0.25) is 10.0 Å². The Kier molecular flexibility index (Phi) is 6.21. The second kappa shape index (κ2) is 8.01. The van der Waals surface area contributed by atoms with Crippen LogP contribution in [0.2, 0.25) is 0 Å². The normalized spacial score (nSPS) is 12.8. The second-order valence-electron chi connectivity index (χ2n) is 7.06. The topological polar surface area (TPSA) is 89.3 Å². The summed E-state index contributed by atoms with van der Waals surface area (Å²) in [5.74, 6) is 0.251. The smallest absolute Gasteiger partial charge is 0.251 e. The first-order chi connectivity index (χ1) is 12.1. The van der Waals surface area contributed by atoms with Crippen molar-refractivity contribution in [3.63, 3.8) is 0 Å². The molecule has 1 amide bonds. The summed E-state index contributed by atoms with van der Waals surface area (Å²) >= 11 is 0. The molecule has 0 fully saturated rings. The van der Waals surface area contributed by atoms with Crippen molar-refractivity contribution in [2.24, 2.45) is 11.1 Å². The van der Waals surface area contributed by atoms with Crippen LogP contribution in [0.1, 0.15) is 53.9 Å². The zero-order chi connectivity index (χ0) is 19.5. The number of nitrogens with two attached hydrogens (primary N) is 1. The number of carbonyl (C=O) groups excluding carboxylic acids is 1. The molecule has 26 heavy (non-hydrogen) atoms. The van der Waals surface area contributed by atoms with E-state index < -0.39 is 10.0 Å². The Morgan fingerprint density at radius 2 is 1.69 bits per heavy atom. The zero-order valence-electron chi connectivity index (χ0n) is 15.6. The monoisotopic (exact) mass is 374 g/mol. The number of hydrogen-bond acceptors (Lipinski definition) is 3. The van der Waals surface area contributed by atoms with Gasteiger partial charge in [-0.1, -0.05) is 44.2 Å². The number of aryl methyl sites for hydroxylation is 1. The zero-order valence-corrected chi connectivity index (χ0v) is 16.4. The van der Waals surface area contributed by atoms with E-state index in [0.29, 0.717) is 11.5 Å². The molecule has 2 rings (SSSR count). The first-order valence-electron chi connectivity index (χ1n) is 8.61. The number of nitrogens with one attached hydrogen (secondary N) is 1. The molecule has 0 saturated carbocycles. The van der Waals surface area contributed by atoms with Crippen molar-refractivity contribution in [3.05, 3.63) is 64.7 Å². The Morgan fingerprint density at radius 3 is 2.23 bits per heavy atom. The van der Waals surface area contributed by atoms with E-state index in [-0.39, 0.29) is 22.4 Å². The highest BCUT2D eigenvalue weighted by molar-refractivity contribution is 7.89. The highest BCUT2D eigenvalue weighted by atomic mass is 32.2. The van der Waals surface area contributed by atoms with Gasteiger partial charge in [0.05, 0.1) is 10.9 Å². The molecule has 140 valence electrons. The van der Waals surface area contributed by atoms with E-state index in [4.69, 9.17) is 5.14 Å². The Hall–Kier alpha value is -2.18. The van der Waals surface area contributed by atoms with E-state index >= 15 is 0 Å². The molecule has 0 heterocycles. The Labute approximate surface area is 155 Å². The van der Waals surface area contributed by atoms with Gasteiger partial charge >= 0.3 is 0 Å². The summed E-state index contributed by atoms with van der Waals surface area (Å²) in [7, 11) is -3.86. The van der Waals surface area contributed by atoms with Crippen LogP contribution in [0.4, 0.5) is 0 Å². The van der Waals surface area contributed by atoms with E-state index in [9.17, 15) is 13.2 Å². The molecule has 0 unspecified atom stereocenters. The molecule has 1 atom stereocenters. The van der Waals surface area contributed by atoms with Crippen molar-refractivity contribution < 1.29 is 13.2 Å². The van der Waals surface area contributed by atoms with E-state index in [1.54, 1.807) is 19.1 Å². The van der Waals surface area contributed by atoms with Crippen molar-refractivity contribution in [1.29, 1.82) is 0 Å². The molecule has 0 aliphatic carbocycles. The lowest BCUT2D eigenvalue weighted by atomic mass is 10.00. The van der Waals surface area contributed by atoms with Crippen molar-refractivity contribution >= 4 is 15.9 Å². The maximum Gasteiger partial charge on any atom is 0.251 e. The summed E-state index contributed by atoms with van der Waals surface area (Å²) < 4.78 is 23.3. The van der Waals surface area contributed by atoms with Gasteiger partial charge in [-0.05, 0) is 55.0 Å². The number of benzene rings is 2. The standard InChI is InChI=1S/C20H26N2O3S/c1-13(2)11-16-6-9-17(10-7-16)15(4)22-20(23)18-8-5-14(3)19(12-18)26(21,24)25/h5-10,12-13,15H,11H2,1-4H3,(H,22,23)(H2,21,24,25)/t15-/m1/s1. The lowest BCUT2D eigenvalue weighted by molar-refractivity contribution is 0.0939. The molecule has 0 radical (unpaired) electrons. The van der Waals surface area contributed by atoms with E-state index in [1.165, 1.54) is 11.6 Å². The SMILES string of the molecule is Cc1ccc(C(=O)N[C@H](C)c2ccc(CC(C)C)cc2)cc1S(N)(=O)=O. The van der Waals surface area contributed by atoms with E-state index in [1.807, 2.05) is 19.1 Å². The molecule has 5 nitrogen and oxygen atoms in total. The average molecular weight is 375 g/mol. The molecule has 0 aromatic heterocycles. The van der Waals surface area contributed by atoms with Crippen LogP contribution in [0.15, 0.2) is 47.4 Å². The minimum atomic E-state index is -3.86. The molecule has 0 saturated heterocycles. The number of rotatable bonds is 6. The van der Waals surface area contributed by atoms with Gasteiger partial charge in [0, 0.05) is 5.56 Å². The minimum Gasteiger partial charge on any atom is -0.346 e. The minimum absolute atomic E-state index is 0.0316. The van der Waals surface area contributed by atoms with Crippen LogP contribution in [0, 0.1) is 12.8 Å². The summed E-state index contributed by atoms with van der Waals surface area (Å²) in [5, 5.41) is 8.10. The molecule has 0 aliphatic rings. The number of hydrogen-bond donors (Lipinski definition) is 2. The quantitative estimate of drug-likeness (QED) is 0.813. The first-order valence-corrected chi connectivity index (χ1v) is 10.2. The van der Waals surface area contributed by atoms with Gasteiger partial charge in [-0.2, -0.15) is 0 Å². The summed E-state index contributed by atoms with van der Waals surface area (Å²) in [6, 6.07) is 12.5. The second-order valence-corrected chi connectivity index (χ2v) is 8.59. The number of amides is 1. The van der Waals surface area contributed by atoms with Gasteiger partial charge in [-0.25, -0.2) is 13.6 Å². The number of primary sulfonamides is 1. The Balaban J connectivity index is 2.14. The molecule has 6 heteroatoms. The van der Waals surface area contributed by atoms with Crippen molar-refractivity contribution in [3.8, 4) is 0 Å². The largest absolute Gasteiger partial charge is 0.346 e. The molecular formula is C20H26N2O3S. The van der Waals surface area contributed by atoms with Crippen LogP contribution in [0.5, 0.6) is 0 Å². The van der Waals surface area contributed by atoms with Crippen LogP contribution >= 0.6 is 0 Å². The van der Waals surface area contributed by atoms with Gasteiger partial charge in [-0.15, -0.1) is 0 Å². The third kappa shape index (κ3) is 5.16. The molecule has 2 aromatic rings. The predicted molar refractivity (Wildman–Crippen MR) is 103 cm³/mol. The summed E-state index contributed by atoms with van der Waals surface area (Å²) in [5.41, 5.74) is 3.03. The van der Waals surface area contributed by atoms with Crippen LogP contribution in [0.3, 0.4) is 0 Å². The van der Waals surface area contributed by atoms with Gasteiger partial charge < -0.3 is 5.32 Å². The predicted octanol–water partition coefficient (Wildman–Crippen LogP) is 3.33. The van der Waals surface area contributed by atoms with Gasteiger partial charge in [0.15, 0.2) is 0 Å². The number of sulfonamides is 1. The summed E-state index contributed by atoms with van der Waals surface area (Å²) in [6.45, 7) is 7.88. The third-order valence-corrected chi connectivity index (χ3v) is 5.28. The molecule has 0 spiro atoms. The van der Waals surface area contributed by atoms with Crippen LogP contribution in [-0.2, 0) is 16.4 Å². The third-order valence-electron chi connectivity index (χ3n) is 4.23. The molecular weight excluding hydrogens is 348 g/mol. The fourth-order valence-electron chi connectivity index (χ4n) is 2.82. The highest BCUT2D eigenvalue weighted by Gasteiger charge is 2.17. The summed E-state index contributed by atoms with van der Waals surface area (Å²) in [4.78, 5) is 12.5. The fraction of sp³-hybridized carbons (Fsp3) is 0.350. The number of carbonyl (C=O) groups is 1.